The van der Waals surface area contributed by atoms with Gasteiger partial charge in [0.2, 0.25) is 0 Å². The summed E-state index contributed by atoms with van der Waals surface area (Å²) in [6.07, 6.45) is 0.925. The van der Waals surface area contributed by atoms with Crippen LogP contribution >= 0.6 is 11.6 Å². The van der Waals surface area contributed by atoms with Crippen LogP contribution in [0.15, 0.2) is 12.1 Å². The van der Waals surface area contributed by atoms with Gasteiger partial charge >= 0.3 is 6.03 Å². The quantitative estimate of drug-likeness (QED) is 0.536. The van der Waals surface area contributed by atoms with Crippen molar-refractivity contribution in [1.29, 1.82) is 5.26 Å². The van der Waals surface area contributed by atoms with Crippen LogP contribution in [-0.4, -0.2) is 44.0 Å². The molecule has 0 N–H and O–H groups in total. The lowest BCUT2D eigenvalue weighted by Gasteiger charge is -2.41. The SMILES string of the molecule is Cc1c(N2C(=O)N3CC[C@@H](O[Si](C)(C)C(C)(C)C)[C@H]3[C@H]2C(C)C)ccc(C#N)c1Cl. The molecule has 1 aromatic carbocycles. The van der Waals surface area contributed by atoms with Gasteiger partial charge in [0.1, 0.15) is 6.07 Å². The number of hydrogen-bond acceptors (Lipinski definition) is 3. The molecule has 0 aromatic heterocycles. The largest absolute Gasteiger partial charge is 0.412 e. The van der Waals surface area contributed by atoms with Crippen LogP contribution in [0.1, 0.15) is 52.2 Å². The molecule has 1 aromatic rings. The number of carbonyl (C=O) groups is 1. The molecule has 3 rings (SSSR count). The van der Waals surface area contributed by atoms with Gasteiger partial charge in [0.05, 0.1) is 34.5 Å². The predicted molar refractivity (Wildman–Crippen MR) is 125 cm³/mol. The minimum Gasteiger partial charge on any atom is -0.412 e. The molecule has 7 heteroatoms. The van der Waals surface area contributed by atoms with E-state index in [1.54, 1.807) is 6.07 Å². The van der Waals surface area contributed by atoms with Crippen molar-refractivity contribution in [1.82, 2.24) is 4.90 Å². The summed E-state index contributed by atoms with van der Waals surface area (Å²) in [6, 6.07) is 5.74. The van der Waals surface area contributed by atoms with Crippen LogP contribution in [-0.2, 0) is 4.43 Å². The Balaban J connectivity index is 2.01. The number of hydrogen-bond donors (Lipinski definition) is 0. The van der Waals surface area contributed by atoms with E-state index in [2.05, 4.69) is 53.8 Å². The first-order valence-electron chi connectivity index (χ1n) is 10.8. The third-order valence-corrected chi connectivity index (χ3v) is 12.2. The number of benzene rings is 1. The second-order valence-corrected chi connectivity index (χ2v) is 15.6. The summed E-state index contributed by atoms with van der Waals surface area (Å²) in [4.78, 5) is 17.4. The van der Waals surface area contributed by atoms with Crippen LogP contribution in [0.25, 0.3) is 0 Å². The molecule has 2 heterocycles. The van der Waals surface area contributed by atoms with Gasteiger partial charge in [-0.15, -0.1) is 0 Å². The number of anilines is 1. The fraction of sp³-hybridized carbons (Fsp3) is 0.652. The van der Waals surface area contributed by atoms with Gasteiger partial charge < -0.3 is 9.33 Å². The van der Waals surface area contributed by atoms with E-state index in [9.17, 15) is 10.1 Å². The highest BCUT2D eigenvalue weighted by molar-refractivity contribution is 6.74. The van der Waals surface area contributed by atoms with Crippen LogP contribution in [0.2, 0.25) is 23.2 Å². The number of nitriles is 1. The van der Waals surface area contributed by atoms with Gasteiger partial charge in [-0.3, -0.25) is 4.90 Å². The van der Waals surface area contributed by atoms with E-state index in [0.29, 0.717) is 17.1 Å². The average molecular weight is 448 g/mol. The van der Waals surface area contributed by atoms with Gasteiger partial charge in [-0.05, 0) is 55.1 Å². The lowest BCUT2D eigenvalue weighted by molar-refractivity contribution is 0.129. The Bertz CT molecular complexity index is 888. The van der Waals surface area contributed by atoms with Crippen molar-refractivity contribution in [3.63, 3.8) is 0 Å². The average Bonchev–Trinajstić information content (AvgIpc) is 3.15. The Morgan fingerprint density at radius 2 is 1.93 bits per heavy atom. The van der Waals surface area contributed by atoms with Gasteiger partial charge in [-0.25, -0.2) is 4.79 Å². The molecule has 2 fully saturated rings. The maximum Gasteiger partial charge on any atom is 0.325 e. The highest BCUT2D eigenvalue weighted by atomic mass is 35.5. The molecule has 30 heavy (non-hydrogen) atoms. The van der Waals surface area contributed by atoms with E-state index < -0.39 is 8.32 Å². The summed E-state index contributed by atoms with van der Waals surface area (Å²) < 4.78 is 6.83. The fourth-order valence-electron chi connectivity index (χ4n) is 4.50. The Labute approximate surface area is 187 Å². The summed E-state index contributed by atoms with van der Waals surface area (Å²) in [5, 5.41) is 9.84. The van der Waals surface area contributed by atoms with Crippen molar-refractivity contribution in [2.45, 2.75) is 84.3 Å². The zero-order valence-corrected chi connectivity index (χ0v) is 21.2. The van der Waals surface area contributed by atoms with Gasteiger partial charge in [0, 0.05) is 6.54 Å². The van der Waals surface area contributed by atoms with E-state index in [4.69, 9.17) is 16.0 Å². The third-order valence-electron chi connectivity index (χ3n) is 7.17. The maximum absolute atomic E-state index is 13.5. The molecule has 0 aliphatic carbocycles. The zero-order chi connectivity index (χ0) is 22.6. The number of amides is 2. The summed E-state index contributed by atoms with van der Waals surface area (Å²) in [7, 11) is -1.96. The van der Waals surface area contributed by atoms with Crippen LogP contribution < -0.4 is 4.90 Å². The molecule has 164 valence electrons. The molecule has 0 radical (unpaired) electrons. The van der Waals surface area contributed by atoms with E-state index >= 15 is 0 Å². The Morgan fingerprint density at radius 3 is 2.47 bits per heavy atom. The number of nitrogens with zero attached hydrogens (tertiary/aromatic N) is 3. The molecule has 0 bridgehead atoms. The van der Waals surface area contributed by atoms with Gasteiger partial charge in [0.15, 0.2) is 8.32 Å². The lowest BCUT2D eigenvalue weighted by atomic mass is 9.92. The fourth-order valence-corrected chi connectivity index (χ4v) is 6.06. The normalized spacial score (nSPS) is 24.6. The Kier molecular flexibility index (Phi) is 6.05. The lowest BCUT2D eigenvalue weighted by Crippen LogP contribution is -2.51. The number of rotatable bonds is 4. The first-order chi connectivity index (χ1) is 13.8. The van der Waals surface area contributed by atoms with E-state index in [1.165, 1.54) is 0 Å². The van der Waals surface area contributed by atoms with Gasteiger partial charge in [0.25, 0.3) is 0 Å². The third kappa shape index (κ3) is 3.66. The van der Waals surface area contributed by atoms with Crippen LogP contribution in [0, 0.1) is 24.2 Å². The van der Waals surface area contributed by atoms with Crippen molar-refractivity contribution in [2.75, 3.05) is 11.4 Å². The number of urea groups is 1. The van der Waals surface area contributed by atoms with Crippen molar-refractivity contribution >= 4 is 31.6 Å². The second-order valence-electron chi connectivity index (χ2n) is 10.5. The monoisotopic (exact) mass is 447 g/mol. The molecule has 2 aliphatic heterocycles. The minimum atomic E-state index is -1.96. The molecule has 2 aliphatic rings. The molecule has 0 unspecified atom stereocenters. The molecule has 0 spiro atoms. The molecule has 2 amide bonds. The predicted octanol–water partition coefficient (Wildman–Crippen LogP) is 5.95. The van der Waals surface area contributed by atoms with Crippen molar-refractivity contribution in [3.8, 4) is 6.07 Å². The first kappa shape index (κ1) is 23.1. The second kappa shape index (κ2) is 7.85. The van der Waals surface area contributed by atoms with Crippen molar-refractivity contribution in [2.24, 2.45) is 5.92 Å². The number of carbonyl (C=O) groups excluding carboxylic acids is 1. The van der Waals surface area contributed by atoms with Gasteiger partial charge in [-0.2, -0.15) is 5.26 Å². The minimum absolute atomic E-state index is 0.00234. The van der Waals surface area contributed by atoms with Crippen LogP contribution in [0.4, 0.5) is 10.5 Å². The summed E-state index contributed by atoms with van der Waals surface area (Å²) in [5.41, 5.74) is 2.01. The van der Waals surface area contributed by atoms with Crippen LogP contribution in [0.5, 0.6) is 0 Å². The molecular formula is C23H34ClN3O2Si. The highest BCUT2D eigenvalue weighted by Crippen LogP contribution is 2.45. The van der Waals surface area contributed by atoms with E-state index in [0.717, 1.165) is 17.7 Å². The van der Waals surface area contributed by atoms with Crippen molar-refractivity contribution < 1.29 is 9.22 Å². The standard InChI is InChI=1S/C23H34ClN3O2Si/c1-14(2)20-21-18(29-30(7,8)23(4,5)6)11-12-26(21)22(28)27(20)17-10-9-16(13-25)19(24)15(17)3/h9-10,14,18,20-21H,11-12H2,1-8H3/t18-,20-,21+/m1/s1. The van der Waals surface area contributed by atoms with E-state index in [1.807, 2.05) is 22.8 Å². The maximum atomic E-state index is 13.5. The zero-order valence-electron chi connectivity index (χ0n) is 19.4. The number of fused-ring (bicyclic) bond motifs is 1. The molecule has 0 saturated carbocycles. The van der Waals surface area contributed by atoms with E-state index in [-0.39, 0.29) is 35.2 Å². The first-order valence-corrected chi connectivity index (χ1v) is 14.1. The van der Waals surface area contributed by atoms with Gasteiger partial charge in [-0.1, -0.05) is 46.2 Å². The molecule has 3 atom stereocenters. The number of halogens is 1. The summed E-state index contributed by atoms with van der Waals surface area (Å²) in [6.45, 7) is 18.2. The van der Waals surface area contributed by atoms with Crippen LogP contribution in [0.3, 0.4) is 0 Å². The Morgan fingerprint density at radius 1 is 1.30 bits per heavy atom. The summed E-state index contributed by atoms with van der Waals surface area (Å²) in [5.74, 6) is 0.251. The van der Waals surface area contributed by atoms with Crippen molar-refractivity contribution in [3.05, 3.63) is 28.3 Å². The molecule has 2 saturated heterocycles. The molecular weight excluding hydrogens is 414 g/mol. The smallest absolute Gasteiger partial charge is 0.325 e. The topological polar surface area (TPSA) is 56.6 Å². The highest BCUT2D eigenvalue weighted by Gasteiger charge is 2.56. The Hall–Kier alpha value is -1.55. The summed E-state index contributed by atoms with van der Waals surface area (Å²) >= 11 is 6.45. The molecule has 5 nitrogen and oxygen atoms in total.